The number of nitrogens with zero attached hydrogens (tertiary/aromatic N) is 1. The fourth-order valence-electron chi connectivity index (χ4n) is 3.29. The van der Waals surface area contributed by atoms with E-state index in [-0.39, 0.29) is 5.91 Å². The molecule has 8 heteroatoms. The van der Waals surface area contributed by atoms with E-state index < -0.39 is 10.0 Å². The van der Waals surface area contributed by atoms with E-state index in [1.807, 2.05) is 24.3 Å². The van der Waals surface area contributed by atoms with Gasteiger partial charge in [0.1, 0.15) is 0 Å². The van der Waals surface area contributed by atoms with Gasteiger partial charge in [-0.3, -0.25) is 9.10 Å². The first kappa shape index (κ1) is 20.0. The van der Waals surface area contributed by atoms with Crippen LogP contribution in [0.25, 0.3) is 0 Å². The van der Waals surface area contributed by atoms with Gasteiger partial charge in [0.05, 0.1) is 26.2 Å². The number of methoxy groups -OCH3 is 2. The van der Waals surface area contributed by atoms with Crippen LogP contribution in [0.1, 0.15) is 17.5 Å². The number of carbonyl (C=O) groups excluding carboxylic acids is 1. The van der Waals surface area contributed by atoms with E-state index >= 15 is 0 Å². The van der Waals surface area contributed by atoms with Gasteiger partial charge >= 0.3 is 0 Å². The number of carbonyl (C=O) groups is 1. The Morgan fingerprint density at radius 1 is 1.11 bits per heavy atom. The normalized spacial score (nSPS) is 13.2. The minimum Gasteiger partial charge on any atom is -0.493 e. The first-order chi connectivity index (χ1) is 13.3. The monoisotopic (exact) mass is 404 g/mol. The highest BCUT2D eigenvalue weighted by molar-refractivity contribution is 7.92. The van der Waals surface area contributed by atoms with Crippen LogP contribution in [0.15, 0.2) is 36.4 Å². The van der Waals surface area contributed by atoms with Gasteiger partial charge in [-0.2, -0.15) is 0 Å². The van der Waals surface area contributed by atoms with E-state index in [2.05, 4.69) is 5.32 Å². The van der Waals surface area contributed by atoms with Crippen LogP contribution in [0.3, 0.4) is 0 Å². The topological polar surface area (TPSA) is 84.9 Å². The van der Waals surface area contributed by atoms with Gasteiger partial charge in [-0.1, -0.05) is 12.1 Å². The molecule has 1 heterocycles. The molecule has 0 aromatic heterocycles. The van der Waals surface area contributed by atoms with E-state index in [1.165, 1.54) is 10.6 Å². The average Bonchev–Trinajstić information content (AvgIpc) is 3.09. The molecule has 0 bridgehead atoms. The second kappa shape index (κ2) is 8.10. The zero-order valence-corrected chi connectivity index (χ0v) is 17.0. The van der Waals surface area contributed by atoms with E-state index in [1.54, 1.807) is 26.4 Å². The first-order valence-corrected chi connectivity index (χ1v) is 10.8. The molecule has 1 N–H and O–H groups in total. The Morgan fingerprint density at radius 2 is 1.86 bits per heavy atom. The lowest BCUT2D eigenvalue weighted by molar-refractivity contribution is -0.116. The second-order valence-electron chi connectivity index (χ2n) is 6.67. The quantitative estimate of drug-likeness (QED) is 0.767. The van der Waals surface area contributed by atoms with Crippen LogP contribution in [0, 0.1) is 0 Å². The summed E-state index contributed by atoms with van der Waals surface area (Å²) in [5.74, 6) is 1.13. The first-order valence-electron chi connectivity index (χ1n) is 8.93. The number of sulfonamides is 1. The lowest BCUT2D eigenvalue weighted by atomic mass is 10.1. The molecule has 0 radical (unpaired) electrons. The number of aryl methyl sites for hydroxylation is 1. The molecule has 1 aliphatic rings. The number of fused-ring (bicyclic) bond motifs is 1. The molecule has 1 amide bonds. The highest BCUT2D eigenvalue weighted by Crippen LogP contribution is 2.32. The Morgan fingerprint density at radius 3 is 2.54 bits per heavy atom. The second-order valence-corrected chi connectivity index (χ2v) is 8.57. The largest absolute Gasteiger partial charge is 0.493 e. The van der Waals surface area contributed by atoms with Crippen LogP contribution >= 0.6 is 0 Å². The zero-order chi connectivity index (χ0) is 20.3. The number of nitrogens with one attached hydrogen (secondary N) is 1. The predicted octanol–water partition coefficient (Wildman–Crippen LogP) is 2.60. The molecule has 28 heavy (non-hydrogen) atoms. The van der Waals surface area contributed by atoms with Gasteiger partial charge in [0.2, 0.25) is 15.9 Å². The van der Waals surface area contributed by atoms with Gasteiger partial charge in [0.25, 0.3) is 0 Å². The number of ether oxygens (including phenoxy) is 2. The van der Waals surface area contributed by atoms with E-state index in [4.69, 9.17) is 9.47 Å². The molecule has 1 aliphatic heterocycles. The maximum Gasteiger partial charge on any atom is 0.232 e. The lowest BCUT2D eigenvalue weighted by Crippen LogP contribution is -2.27. The van der Waals surface area contributed by atoms with Crippen LogP contribution in [0.5, 0.6) is 11.5 Å². The zero-order valence-electron chi connectivity index (χ0n) is 16.2. The van der Waals surface area contributed by atoms with Gasteiger partial charge in [-0.25, -0.2) is 8.42 Å². The van der Waals surface area contributed by atoms with Crippen molar-refractivity contribution in [2.75, 3.05) is 36.6 Å². The van der Waals surface area contributed by atoms with Gasteiger partial charge in [-0.05, 0) is 48.2 Å². The van der Waals surface area contributed by atoms with E-state index in [0.717, 1.165) is 11.1 Å². The van der Waals surface area contributed by atoms with Crippen LogP contribution in [0.2, 0.25) is 0 Å². The van der Waals surface area contributed by atoms with Crippen molar-refractivity contribution < 1.29 is 22.7 Å². The van der Waals surface area contributed by atoms with Crippen LogP contribution in [-0.2, 0) is 27.7 Å². The summed E-state index contributed by atoms with van der Waals surface area (Å²) >= 11 is 0. The molecule has 0 aliphatic carbocycles. The fourth-order valence-corrected chi connectivity index (χ4v) is 4.24. The molecule has 0 spiro atoms. The van der Waals surface area contributed by atoms with Crippen molar-refractivity contribution in [3.05, 3.63) is 47.5 Å². The summed E-state index contributed by atoms with van der Waals surface area (Å²) in [7, 11) is -0.174. The smallest absolute Gasteiger partial charge is 0.232 e. The van der Waals surface area contributed by atoms with Crippen LogP contribution in [0.4, 0.5) is 11.4 Å². The Bertz CT molecular complexity index is 988. The summed E-state index contributed by atoms with van der Waals surface area (Å²) in [4.78, 5) is 12.3. The predicted molar refractivity (Wildman–Crippen MR) is 109 cm³/mol. The molecule has 150 valence electrons. The number of rotatable bonds is 7. The average molecular weight is 404 g/mol. The van der Waals surface area contributed by atoms with Crippen molar-refractivity contribution in [2.45, 2.75) is 19.3 Å². The number of hydrogen-bond acceptors (Lipinski definition) is 5. The van der Waals surface area contributed by atoms with Gasteiger partial charge in [-0.15, -0.1) is 0 Å². The van der Waals surface area contributed by atoms with E-state index in [9.17, 15) is 13.2 Å². The molecule has 0 unspecified atom stereocenters. The van der Waals surface area contributed by atoms with Crippen molar-refractivity contribution in [1.82, 2.24) is 0 Å². The summed E-state index contributed by atoms with van der Waals surface area (Å²) in [6.45, 7) is 0.435. The summed E-state index contributed by atoms with van der Waals surface area (Å²) in [6, 6.07) is 11.0. The van der Waals surface area contributed by atoms with Gasteiger partial charge in [0, 0.05) is 18.7 Å². The van der Waals surface area contributed by atoms with Crippen molar-refractivity contribution in [3.63, 3.8) is 0 Å². The third kappa shape index (κ3) is 4.39. The Labute approximate surface area is 165 Å². The number of hydrogen-bond donors (Lipinski definition) is 1. The third-order valence-electron chi connectivity index (χ3n) is 4.71. The van der Waals surface area contributed by atoms with Crippen LogP contribution in [-0.4, -0.2) is 41.3 Å². The van der Waals surface area contributed by atoms with Crippen molar-refractivity contribution in [2.24, 2.45) is 0 Å². The molecule has 0 saturated carbocycles. The number of anilines is 2. The Kier molecular flexibility index (Phi) is 5.79. The maximum atomic E-state index is 12.3. The summed E-state index contributed by atoms with van der Waals surface area (Å²) in [5.41, 5.74) is 3.16. The van der Waals surface area contributed by atoms with Crippen molar-refractivity contribution in [3.8, 4) is 11.5 Å². The molecular formula is C20H24N2O5S. The van der Waals surface area contributed by atoms with Gasteiger partial charge < -0.3 is 14.8 Å². The van der Waals surface area contributed by atoms with Crippen molar-refractivity contribution >= 4 is 27.3 Å². The lowest BCUT2D eigenvalue weighted by Gasteiger charge is -2.17. The van der Waals surface area contributed by atoms with Crippen molar-refractivity contribution in [1.29, 1.82) is 0 Å². The molecule has 0 atom stereocenters. The molecule has 3 rings (SSSR count). The summed E-state index contributed by atoms with van der Waals surface area (Å²) in [5, 5.41) is 2.85. The SMILES string of the molecule is COc1ccc(CCC(=O)Nc2ccc3c(c2)N(S(C)(=O)=O)CC3)cc1OC. The molecule has 7 nitrogen and oxygen atoms in total. The Hall–Kier alpha value is -2.74. The minimum absolute atomic E-state index is 0.140. The Balaban J connectivity index is 1.65. The summed E-state index contributed by atoms with van der Waals surface area (Å²) in [6.07, 6.45) is 2.71. The highest BCUT2D eigenvalue weighted by atomic mass is 32.2. The van der Waals surface area contributed by atoms with Crippen LogP contribution < -0.4 is 19.1 Å². The molecule has 2 aromatic carbocycles. The van der Waals surface area contributed by atoms with E-state index in [0.29, 0.717) is 48.7 Å². The fraction of sp³-hybridized carbons (Fsp3) is 0.350. The number of amides is 1. The molecule has 0 saturated heterocycles. The number of benzene rings is 2. The third-order valence-corrected chi connectivity index (χ3v) is 5.89. The molecule has 2 aromatic rings. The molecular weight excluding hydrogens is 380 g/mol. The standard InChI is InChI=1S/C20H24N2O5S/c1-26-18-8-4-14(12-19(18)27-2)5-9-20(23)21-16-7-6-15-10-11-22(17(15)13-16)28(3,24)25/h4,6-8,12-13H,5,9-11H2,1-3H3,(H,21,23). The summed E-state index contributed by atoms with van der Waals surface area (Å²) < 4.78 is 35.7. The maximum absolute atomic E-state index is 12.3. The molecule has 0 fully saturated rings. The van der Waals surface area contributed by atoms with Gasteiger partial charge in [0.15, 0.2) is 11.5 Å². The highest BCUT2D eigenvalue weighted by Gasteiger charge is 2.26. The minimum atomic E-state index is -3.32.